The van der Waals surface area contributed by atoms with Crippen LogP contribution in [0.15, 0.2) is 42.6 Å². The first kappa shape index (κ1) is 15.5. The third-order valence-corrected chi connectivity index (χ3v) is 3.41. The molecule has 112 valence electrons. The van der Waals surface area contributed by atoms with Crippen LogP contribution in [0.4, 0.5) is 0 Å². The standard InChI is InChI=1S/C18H23NO2/c1-5-16(20)15-11-10-13(12-19-15)21-17-9-7-6-8-14(17)18(2,3)4/h6-12,16,20H,5H2,1-4H3/t16-/m1/s1. The number of benzene rings is 1. The summed E-state index contributed by atoms with van der Waals surface area (Å²) in [6, 6.07) is 11.7. The van der Waals surface area contributed by atoms with E-state index in [-0.39, 0.29) is 5.41 Å². The number of nitrogens with zero attached hydrogens (tertiary/aromatic N) is 1. The molecule has 0 saturated heterocycles. The normalized spacial score (nSPS) is 13.0. The first-order chi connectivity index (χ1) is 9.91. The highest BCUT2D eigenvalue weighted by Crippen LogP contribution is 2.33. The van der Waals surface area contributed by atoms with Gasteiger partial charge in [0, 0.05) is 5.56 Å². The Balaban J connectivity index is 2.23. The summed E-state index contributed by atoms with van der Waals surface area (Å²) in [5.41, 5.74) is 1.85. The summed E-state index contributed by atoms with van der Waals surface area (Å²) in [5, 5.41) is 9.76. The van der Waals surface area contributed by atoms with Gasteiger partial charge in [-0.25, -0.2) is 0 Å². The molecule has 3 heteroatoms. The van der Waals surface area contributed by atoms with Crippen LogP contribution in [0.25, 0.3) is 0 Å². The van der Waals surface area contributed by atoms with Crippen molar-refractivity contribution in [1.29, 1.82) is 0 Å². The van der Waals surface area contributed by atoms with E-state index in [9.17, 15) is 5.11 Å². The molecule has 0 fully saturated rings. The Hall–Kier alpha value is -1.87. The Morgan fingerprint density at radius 1 is 1.14 bits per heavy atom. The zero-order chi connectivity index (χ0) is 15.5. The maximum atomic E-state index is 9.76. The first-order valence-corrected chi connectivity index (χ1v) is 7.33. The van der Waals surface area contributed by atoms with E-state index < -0.39 is 6.10 Å². The summed E-state index contributed by atoms with van der Waals surface area (Å²) >= 11 is 0. The van der Waals surface area contributed by atoms with Crippen molar-refractivity contribution in [3.8, 4) is 11.5 Å². The maximum Gasteiger partial charge on any atom is 0.145 e. The Labute approximate surface area is 126 Å². The van der Waals surface area contributed by atoms with E-state index in [0.29, 0.717) is 17.9 Å². The van der Waals surface area contributed by atoms with Gasteiger partial charge in [0.25, 0.3) is 0 Å². The van der Waals surface area contributed by atoms with Crippen LogP contribution in [0.3, 0.4) is 0 Å². The summed E-state index contributed by atoms with van der Waals surface area (Å²) in [5.74, 6) is 1.52. The highest BCUT2D eigenvalue weighted by molar-refractivity contribution is 5.41. The van der Waals surface area contributed by atoms with E-state index in [0.717, 1.165) is 11.3 Å². The third-order valence-electron chi connectivity index (χ3n) is 3.41. The lowest BCUT2D eigenvalue weighted by Gasteiger charge is -2.22. The van der Waals surface area contributed by atoms with E-state index in [1.54, 1.807) is 6.20 Å². The van der Waals surface area contributed by atoms with E-state index >= 15 is 0 Å². The molecule has 0 aliphatic rings. The fourth-order valence-corrected chi connectivity index (χ4v) is 2.16. The minimum absolute atomic E-state index is 0.0162. The number of aliphatic hydroxyl groups excluding tert-OH is 1. The summed E-state index contributed by atoms with van der Waals surface area (Å²) in [6.07, 6.45) is 1.80. The predicted octanol–water partition coefficient (Wildman–Crippen LogP) is 4.61. The van der Waals surface area contributed by atoms with Gasteiger partial charge in [-0.1, -0.05) is 45.9 Å². The van der Waals surface area contributed by atoms with Crippen LogP contribution in [0, 0.1) is 0 Å². The molecule has 0 saturated carbocycles. The smallest absolute Gasteiger partial charge is 0.145 e. The molecular weight excluding hydrogens is 262 g/mol. The fourth-order valence-electron chi connectivity index (χ4n) is 2.16. The molecule has 1 aromatic heterocycles. The second-order valence-corrected chi connectivity index (χ2v) is 6.19. The molecule has 0 aliphatic carbocycles. The van der Waals surface area contributed by atoms with Crippen LogP contribution in [0.1, 0.15) is 51.5 Å². The van der Waals surface area contributed by atoms with Crippen LogP contribution in [-0.4, -0.2) is 10.1 Å². The van der Waals surface area contributed by atoms with Gasteiger partial charge in [-0.2, -0.15) is 0 Å². The minimum atomic E-state index is -0.513. The Morgan fingerprint density at radius 2 is 1.86 bits per heavy atom. The molecule has 0 aliphatic heterocycles. The number of ether oxygens (including phenoxy) is 1. The molecule has 1 N–H and O–H groups in total. The minimum Gasteiger partial charge on any atom is -0.455 e. The molecule has 21 heavy (non-hydrogen) atoms. The molecule has 0 bridgehead atoms. The zero-order valence-corrected chi connectivity index (χ0v) is 13.1. The summed E-state index contributed by atoms with van der Waals surface area (Å²) in [7, 11) is 0. The second-order valence-electron chi connectivity index (χ2n) is 6.19. The van der Waals surface area contributed by atoms with Crippen molar-refractivity contribution < 1.29 is 9.84 Å². The number of para-hydroxylation sites is 1. The molecular formula is C18H23NO2. The van der Waals surface area contributed by atoms with Gasteiger partial charge in [0.1, 0.15) is 11.5 Å². The van der Waals surface area contributed by atoms with Crippen molar-refractivity contribution in [3.63, 3.8) is 0 Å². The van der Waals surface area contributed by atoms with Crippen molar-refractivity contribution in [3.05, 3.63) is 53.9 Å². The first-order valence-electron chi connectivity index (χ1n) is 7.33. The Morgan fingerprint density at radius 3 is 2.43 bits per heavy atom. The predicted molar refractivity (Wildman–Crippen MR) is 84.7 cm³/mol. The van der Waals surface area contributed by atoms with Gasteiger partial charge in [0.2, 0.25) is 0 Å². The molecule has 0 unspecified atom stereocenters. The van der Waals surface area contributed by atoms with Crippen LogP contribution in [-0.2, 0) is 5.41 Å². The number of aliphatic hydroxyl groups is 1. The number of hydrogen-bond donors (Lipinski definition) is 1. The quantitative estimate of drug-likeness (QED) is 0.891. The highest BCUT2D eigenvalue weighted by Gasteiger charge is 2.18. The van der Waals surface area contributed by atoms with E-state index in [4.69, 9.17) is 4.74 Å². The van der Waals surface area contributed by atoms with E-state index in [2.05, 4.69) is 31.8 Å². The molecule has 0 radical (unpaired) electrons. The number of aromatic nitrogens is 1. The largest absolute Gasteiger partial charge is 0.455 e. The van der Waals surface area contributed by atoms with Crippen molar-refractivity contribution in [2.45, 2.75) is 45.6 Å². The lowest BCUT2D eigenvalue weighted by atomic mass is 9.86. The molecule has 3 nitrogen and oxygen atoms in total. The van der Waals surface area contributed by atoms with Gasteiger partial charge in [0.05, 0.1) is 18.0 Å². The van der Waals surface area contributed by atoms with Gasteiger partial charge >= 0.3 is 0 Å². The number of pyridine rings is 1. The average molecular weight is 285 g/mol. The van der Waals surface area contributed by atoms with Crippen LogP contribution in [0.5, 0.6) is 11.5 Å². The SMILES string of the molecule is CC[C@@H](O)c1ccc(Oc2ccccc2C(C)(C)C)cn1. The molecule has 2 rings (SSSR count). The highest BCUT2D eigenvalue weighted by atomic mass is 16.5. The summed E-state index contributed by atoms with van der Waals surface area (Å²) < 4.78 is 5.96. The monoisotopic (exact) mass is 285 g/mol. The molecule has 1 atom stereocenters. The summed E-state index contributed by atoms with van der Waals surface area (Å²) in [4.78, 5) is 4.26. The lowest BCUT2D eigenvalue weighted by Crippen LogP contribution is -2.12. The third kappa shape index (κ3) is 3.82. The van der Waals surface area contributed by atoms with E-state index in [1.165, 1.54) is 0 Å². The topological polar surface area (TPSA) is 42.4 Å². The Bertz CT molecular complexity index is 585. The average Bonchev–Trinajstić information content (AvgIpc) is 2.47. The number of rotatable bonds is 4. The second kappa shape index (κ2) is 6.27. The van der Waals surface area contributed by atoms with Gasteiger partial charge in [-0.05, 0) is 30.0 Å². The van der Waals surface area contributed by atoms with Crippen molar-refractivity contribution >= 4 is 0 Å². The zero-order valence-electron chi connectivity index (χ0n) is 13.1. The molecule has 2 aromatic rings. The fraction of sp³-hybridized carbons (Fsp3) is 0.389. The summed E-state index contributed by atoms with van der Waals surface area (Å²) in [6.45, 7) is 8.41. The van der Waals surface area contributed by atoms with Gasteiger partial charge in [0.15, 0.2) is 0 Å². The molecule has 0 amide bonds. The molecule has 0 spiro atoms. The van der Waals surface area contributed by atoms with Crippen molar-refractivity contribution in [2.24, 2.45) is 0 Å². The Kier molecular flexibility index (Phi) is 4.63. The molecule has 1 aromatic carbocycles. The van der Waals surface area contributed by atoms with Crippen LogP contribution >= 0.6 is 0 Å². The maximum absolute atomic E-state index is 9.76. The lowest BCUT2D eigenvalue weighted by molar-refractivity contribution is 0.169. The van der Waals surface area contributed by atoms with Gasteiger partial charge in [-0.15, -0.1) is 0 Å². The van der Waals surface area contributed by atoms with Crippen LogP contribution in [0.2, 0.25) is 0 Å². The van der Waals surface area contributed by atoms with Crippen molar-refractivity contribution in [1.82, 2.24) is 4.98 Å². The van der Waals surface area contributed by atoms with Gasteiger partial charge < -0.3 is 9.84 Å². The number of hydrogen-bond acceptors (Lipinski definition) is 3. The van der Waals surface area contributed by atoms with E-state index in [1.807, 2.05) is 37.3 Å². The molecule has 1 heterocycles. The van der Waals surface area contributed by atoms with Crippen LogP contribution < -0.4 is 4.74 Å². The van der Waals surface area contributed by atoms with Crippen molar-refractivity contribution in [2.75, 3.05) is 0 Å². The van der Waals surface area contributed by atoms with Gasteiger partial charge in [-0.3, -0.25) is 4.98 Å².